The molecule has 3 heteroatoms. The third kappa shape index (κ3) is 3.48. The number of para-hydroxylation sites is 1. The zero-order chi connectivity index (χ0) is 14.7. The van der Waals surface area contributed by atoms with Crippen LogP contribution in [-0.4, -0.2) is 36.6 Å². The molecule has 0 amide bonds. The number of nitrogens with zero attached hydrogens (tertiary/aromatic N) is 2. The molecule has 0 bridgehead atoms. The largest absolute Gasteiger partial charge is 0.366 e. The number of nitrogens with one attached hydrogen (secondary N) is 1. The Morgan fingerprint density at radius 1 is 1.20 bits per heavy atom. The zero-order valence-corrected chi connectivity index (χ0v) is 13.1. The zero-order valence-electron chi connectivity index (χ0n) is 13.1. The Hall–Kier alpha value is -1.61. The fourth-order valence-electron chi connectivity index (χ4n) is 2.36. The van der Waals surface area contributed by atoms with Crippen molar-refractivity contribution in [3.8, 4) is 0 Å². The second-order valence-corrected chi connectivity index (χ2v) is 6.10. The maximum absolute atomic E-state index is 4.77. The number of aryl methyl sites for hydroxylation is 1. The first-order valence-corrected chi connectivity index (χ1v) is 7.25. The van der Waals surface area contributed by atoms with Crippen LogP contribution in [0.4, 0.5) is 5.82 Å². The Labute approximate surface area is 122 Å². The van der Waals surface area contributed by atoms with Crippen LogP contribution in [0.3, 0.4) is 0 Å². The van der Waals surface area contributed by atoms with E-state index in [0.717, 1.165) is 17.9 Å². The third-order valence-corrected chi connectivity index (χ3v) is 3.60. The van der Waals surface area contributed by atoms with Gasteiger partial charge in [0, 0.05) is 18.0 Å². The van der Waals surface area contributed by atoms with Gasteiger partial charge in [-0.3, -0.25) is 0 Å². The lowest BCUT2D eigenvalue weighted by Crippen LogP contribution is -2.36. The molecule has 1 aromatic heterocycles. The van der Waals surface area contributed by atoms with Crippen LogP contribution in [0.1, 0.15) is 19.4 Å². The Kier molecular flexibility index (Phi) is 4.61. The molecule has 1 unspecified atom stereocenters. The van der Waals surface area contributed by atoms with E-state index in [-0.39, 0.29) is 0 Å². The molecule has 0 spiro atoms. The van der Waals surface area contributed by atoms with Gasteiger partial charge in [0.15, 0.2) is 0 Å². The average molecular weight is 271 g/mol. The van der Waals surface area contributed by atoms with Crippen LogP contribution in [0.25, 0.3) is 10.9 Å². The Morgan fingerprint density at radius 3 is 2.55 bits per heavy atom. The van der Waals surface area contributed by atoms with Gasteiger partial charge in [0.1, 0.15) is 5.82 Å². The maximum atomic E-state index is 4.77. The van der Waals surface area contributed by atoms with Crippen molar-refractivity contribution >= 4 is 16.7 Å². The summed E-state index contributed by atoms with van der Waals surface area (Å²) in [5.41, 5.74) is 2.25. The summed E-state index contributed by atoms with van der Waals surface area (Å²) in [7, 11) is 4.22. The predicted molar refractivity (Wildman–Crippen MR) is 87.3 cm³/mol. The number of aromatic nitrogens is 1. The van der Waals surface area contributed by atoms with Crippen molar-refractivity contribution in [1.29, 1.82) is 0 Å². The first-order chi connectivity index (χ1) is 9.47. The highest BCUT2D eigenvalue weighted by Gasteiger charge is 2.16. The van der Waals surface area contributed by atoms with Gasteiger partial charge in [-0.2, -0.15) is 0 Å². The molecule has 1 heterocycles. The standard InChI is InChI=1S/C17H25N3/c1-12(2)16(11-20(4)5)19-17-13(3)10-14-8-6-7-9-15(14)18-17/h6-10,12,16H,11H2,1-5H3,(H,18,19). The number of rotatable bonds is 5. The molecule has 1 atom stereocenters. The maximum Gasteiger partial charge on any atom is 0.129 e. The van der Waals surface area contributed by atoms with E-state index in [2.05, 4.69) is 69.3 Å². The number of likely N-dealkylation sites (N-methyl/N-ethyl adjacent to an activating group) is 1. The van der Waals surface area contributed by atoms with E-state index < -0.39 is 0 Å². The van der Waals surface area contributed by atoms with Crippen LogP contribution < -0.4 is 5.32 Å². The lowest BCUT2D eigenvalue weighted by atomic mass is 10.0. The number of benzene rings is 1. The smallest absolute Gasteiger partial charge is 0.129 e. The van der Waals surface area contributed by atoms with Gasteiger partial charge in [0.2, 0.25) is 0 Å². The number of hydrogen-bond acceptors (Lipinski definition) is 3. The highest BCUT2D eigenvalue weighted by atomic mass is 15.1. The van der Waals surface area contributed by atoms with E-state index in [1.807, 2.05) is 6.07 Å². The summed E-state index contributed by atoms with van der Waals surface area (Å²) in [6.07, 6.45) is 0. The fraction of sp³-hybridized carbons (Fsp3) is 0.471. The van der Waals surface area contributed by atoms with Crippen LogP contribution in [0, 0.1) is 12.8 Å². The van der Waals surface area contributed by atoms with Gasteiger partial charge >= 0.3 is 0 Å². The van der Waals surface area contributed by atoms with Crippen LogP contribution in [0.5, 0.6) is 0 Å². The average Bonchev–Trinajstić information content (AvgIpc) is 2.38. The molecule has 0 aliphatic heterocycles. The minimum atomic E-state index is 0.400. The van der Waals surface area contributed by atoms with Gasteiger partial charge in [-0.1, -0.05) is 32.0 Å². The summed E-state index contributed by atoms with van der Waals surface area (Å²) < 4.78 is 0. The minimum Gasteiger partial charge on any atom is -0.366 e. The topological polar surface area (TPSA) is 28.2 Å². The molecule has 3 nitrogen and oxygen atoms in total. The van der Waals surface area contributed by atoms with E-state index in [1.165, 1.54) is 10.9 Å². The molecule has 20 heavy (non-hydrogen) atoms. The third-order valence-electron chi connectivity index (χ3n) is 3.60. The summed E-state index contributed by atoms with van der Waals surface area (Å²) in [6.45, 7) is 7.62. The monoisotopic (exact) mass is 271 g/mol. The van der Waals surface area contributed by atoms with E-state index in [9.17, 15) is 0 Å². The molecule has 1 aromatic carbocycles. The van der Waals surface area contributed by atoms with E-state index in [4.69, 9.17) is 4.98 Å². The lowest BCUT2D eigenvalue weighted by Gasteiger charge is -2.27. The van der Waals surface area contributed by atoms with Crippen molar-refractivity contribution in [3.05, 3.63) is 35.9 Å². The summed E-state index contributed by atoms with van der Waals surface area (Å²) in [6, 6.07) is 10.9. The Morgan fingerprint density at radius 2 is 1.90 bits per heavy atom. The molecule has 0 aliphatic carbocycles. The summed E-state index contributed by atoms with van der Waals surface area (Å²) in [4.78, 5) is 6.99. The van der Waals surface area contributed by atoms with Crippen molar-refractivity contribution in [2.45, 2.75) is 26.8 Å². The quantitative estimate of drug-likeness (QED) is 0.901. The van der Waals surface area contributed by atoms with Gasteiger partial charge in [0.25, 0.3) is 0 Å². The van der Waals surface area contributed by atoms with Gasteiger partial charge < -0.3 is 10.2 Å². The van der Waals surface area contributed by atoms with Crippen LogP contribution >= 0.6 is 0 Å². The molecule has 1 N–H and O–H groups in total. The minimum absolute atomic E-state index is 0.400. The highest BCUT2D eigenvalue weighted by Crippen LogP contribution is 2.21. The van der Waals surface area contributed by atoms with Gasteiger partial charge in [-0.05, 0) is 44.6 Å². The molecule has 0 aliphatic rings. The van der Waals surface area contributed by atoms with Crippen molar-refractivity contribution in [3.63, 3.8) is 0 Å². The highest BCUT2D eigenvalue weighted by molar-refractivity contribution is 5.81. The van der Waals surface area contributed by atoms with E-state index in [0.29, 0.717) is 12.0 Å². The van der Waals surface area contributed by atoms with E-state index >= 15 is 0 Å². The summed E-state index contributed by atoms with van der Waals surface area (Å²) in [5.74, 6) is 1.56. The first-order valence-electron chi connectivity index (χ1n) is 7.25. The molecular weight excluding hydrogens is 246 g/mol. The Bertz CT molecular complexity index is 575. The van der Waals surface area contributed by atoms with Gasteiger partial charge in [0.05, 0.1) is 5.52 Å². The summed E-state index contributed by atoms with van der Waals surface area (Å²) >= 11 is 0. The van der Waals surface area contributed by atoms with Crippen molar-refractivity contribution < 1.29 is 0 Å². The van der Waals surface area contributed by atoms with Crippen molar-refractivity contribution in [1.82, 2.24) is 9.88 Å². The Balaban J connectivity index is 2.29. The van der Waals surface area contributed by atoms with Gasteiger partial charge in [-0.25, -0.2) is 4.98 Å². The van der Waals surface area contributed by atoms with Crippen LogP contribution in [0.2, 0.25) is 0 Å². The van der Waals surface area contributed by atoms with Crippen LogP contribution in [-0.2, 0) is 0 Å². The normalized spacial score (nSPS) is 13.2. The number of fused-ring (bicyclic) bond motifs is 1. The molecule has 108 valence electrons. The molecule has 0 saturated carbocycles. The lowest BCUT2D eigenvalue weighted by molar-refractivity contribution is 0.344. The molecule has 2 aromatic rings. The summed E-state index contributed by atoms with van der Waals surface area (Å²) in [5, 5.41) is 4.82. The first kappa shape index (κ1) is 14.8. The molecular formula is C17H25N3. The molecule has 0 fully saturated rings. The van der Waals surface area contributed by atoms with E-state index in [1.54, 1.807) is 0 Å². The van der Waals surface area contributed by atoms with Gasteiger partial charge in [-0.15, -0.1) is 0 Å². The number of anilines is 1. The molecule has 2 rings (SSSR count). The fourth-order valence-corrected chi connectivity index (χ4v) is 2.36. The molecule has 0 saturated heterocycles. The second kappa shape index (κ2) is 6.23. The van der Waals surface area contributed by atoms with Crippen molar-refractivity contribution in [2.75, 3.05) is 26.0 Å². The van der Waals surface area contributed by atoms with Crippen LogP contribution in [0.15, 0.2) is 30.3 Å². The van der Waals surface area contributed by atoms with Crippen molar-refractivity contribution in [2.24, 2.45) is 5.92 Å². The second-order valence-electron chi connectivity index (χ2n) is 6.10. The SMILES string of the molecule is Cc1cc2ccccc2nc1NC(CN(C)C)C(C)C. The number of hydrogen-bond donors (Lipinski definition) is 1. The number of pyridine rings is 1. The molecule has 0 radical (unpaired) electrons. The predicted octanol–water partition coefficient (Wildman–Crippen LogP) is 3.54.